The lowest BCUT2D eigenvalue weighted by Gasteiger charge is -2.15. The van der Waals surface area contributed by atoms with Gasteiger partial charge in [0.2, 0.25) is 0 Å². The van der Waals surface area contributed by atoms with E-state index >= 15 is 0 Å². The third-order valence-electron chi connectivity index (χ3n) is 3.51. The molecular formula is C13H22N2OS. The summed E-state index contributed by atoms with van der Waals surface area (Å²) in [7, 11) is 2.11. The van der Waals surface area contributed by atoms with E-state index in [1.54, 1.807) is 11.3 Å². The van der Waals surface area contributed by atoms with E-state index in [9.17, 15) is 5.11 Å². The molecule has 2 unspecified atom stereocenters. The molecule has 0 spiro atoms. The van der Waals surface area contributed by atoms with Crippen molar-refractivity contribution >= 4 is 16.5 Å². The zero-order valence-electron chi connectivity index (χ0n) is 10.9. The molecule has 1 aromatic heterocycles. The molecule has 0 bridgehead atoms. The Morgan fingerprint density at radius 2 is 2.24 bits per heavy atom. The number of rotatable bonds is 6. The average molecular weight is 254 g/mol. The topological polar surface area (TPSA) is 36.4 Å². The molecule has 1 aromatic rings. The number of anilines is 1. The molecule has 2 atom stereocenters. The second kappa shape index (κ2) is 5.36. The van der Waals surface area contributed by atoms with Crippen molar-refractivity contribution < 1.29 is 5.11 Å². The predicted molar refractivity (Wildman–Crippen MR) is 72.6 cm³/mol. The van der Waals surface area contributed by atoms with Gasteiger partial charge in [0.1, 0.15) is 0 Å². The Morgan fingerprint density at radius 3 is 2.76 bits per heavy atom. The van der Waals surface area contributed by atoms with Crippen molar-refractivity contribution in [2.45, 2.75) is 39.7 Å². The highest BCUT2D eigenvalue weighted by molar-refractivity contribution is 7.15. The van der Waals surface area contributed by atoms with Gasteiger partial charge in [0.25, 0.3) is 0 Å². The van der Waals surface area contributed by atoms with Crippen LogP contribution in [0.1, 0.15) is 37.3 Å². The molecule has 17 heavy (non-hydrogen) atoms. The van der Waals surface area contributed by atoms with Crippen LogP contribution in [0.25, 0.3) is 0 Å². The van der Waals surface area contributed by atoms with Gasteiger partial charge in [0.15, 0.2) is 5.13 Å². The Labute approximate surface area is 107 Å². The smallest absolute Gasteiger partial charge is 0.185 e. The minimum Gasteiger partial charge on any atom is -0.391 e. The maximum atomic E-state index is 9.33. The molecule has 3 nitrogen and oxygen atoms in total. The molecule has 1 N–H and O–H groups in total. The standard InChI is InChI=1S/C13H22N2OS/c1-4-5-11-12(8-16)17-13(14-11)15(3)7-10-6-9(10)2/h9-10,16H,4-8H2,1-3H3. The zero-order chi connectivity index (χ0) is 12.4. The molecule has 0 saturated heterocycles. The normalized spacial score (nSPS) is 22.8. The van der Waals surface area contributed by atoms with Gasteiger partial charge >= 0.3 is 0 Å². The highest BCUT2D eigenvalue weighted by atomic mass is 32.1. The minimum absolute atomic E-state index is 0.126. The number of hydrogen-bond donors (Lipinski definition) is 1. The molecule has 1 saturated carbocycles. The number of hydrogen-bond acceptors (Lipinski definition) is 4. The Balaban J connectivity index is 2.03. The molecule has 1 aliphatic carbocycles. The lowest BCUT2D eigenvalue weighted by atomic mass is 10.2. The number of aromatic nitrogens is 1. The van der Waals surface area contributed by atoms with E-state index in [-0.39, 0.29) is 6.61 Å². The summed E-state index contributed by atoms with van der Waals surface area (Å²) in [5.74, 6) is 1.72. The van der Waals surface area contributed by atoms with E-state index in [2.05, 4.69) is 30.8 Å². The number of aliphatic hydroxyl groups excluding tert-OH is 1. The van der Waals surface area contributed by atoms with Crippen LogP contribution in [0.3, 0.4) is 0 Å². The maximum Gasteiger partial charge on any atom is 0.185 e. The van der Waals surface area contributed by atoms with Crippen LogP contribution in [0.5, 0.6) is 0 Å². The monoisotopic (exact) mass is 254 g/mol. The molecular weight excluding hydrogens is 232 g/mol. The van der Waals surface area contributed by atoms with Gasteiger partial charge in [-0.15, -0.1) is 0 Å². The van der Waals surface area contributed by atoms with Gasteiger partial charge in [0, 0.05) is 13.6 Å². The zero-order valence-corrected chi connectivity index (χ0v) is 11.8. The average Bonchev–Trinajstić information content (AvgIpc) is 2.84. The Bertz CT molecular complexity index is 377. The first-order valence-corrected chi connectivity index (χ1v) is 7.27. The summed E-state index contributed by atoms with van der Waals surface area (Å²) >= 11 is 1.64. The third-order valence-corrected chi connectivity index (χ3v) is 4.71. The second-order valence-electron chi connectivity index (χ2n) is 5.13. The highest BCUT2D eigenvalue weighted by Crippen LogP contribution is 2.39. The maximum absolute atomic E-state index is 9.33. The molecule has 0 amide bonds. The van der Waals surface area contributed by atoms with E-state index in [4.69, 9.17) is 0 Å². The number of nitrogens with zero attached hydrogens (tertiary/aromatic N) is 2. The molecule has 4 heteroatoms. The van der Waals surface area contributed by atoms with Crippen LogP contribution in [0.15, 0.2) is 0 Å². The molecule has 1 aliphatic rings. The lowest BCUT2D eigenvalue weighted by Crippen LogP contribution is -2.20. The van der Waals surface area contributed by atoms with Crippen molar-refractivity contribution in [1.82, 2.24) is 4.98 Å². The van der Waals surface area contributed by atoms with Crippen molar-refractivity contribution in [3.05, 3.63) is 10.6 Å². The molecule has 96 valence electrons. The molecule has 1 fully saturated rings. The molecule has 1 heterocycles. The first-order valence-electron chi connectivity index (χ1n) is 6.46. The summed E-state index contributed by atoms with van der Waals surface area (Å²) in [6.07, 6.45) is 3.41. The van der Waals surface area contributed by atoms with Crippen LogP contribution >= 0.6 is 11.3 Å². The summed E-state index contributed by atoms with van der Waals surface area (Å²) in [4.78, 5) is 7.95. The summed E-state index contributed by atoms with van der Waals surface area (Å²) < 4.78 is 0. The number of thiazole rings is 1. The summed E-state index contributed by atoms with van der Waals surface area (Å²) in [6.45, 7) is 5.68. The number of aliphatic hydroxyl groups is 1. The van der Waals surface area contributed by atoms with E-state index in [1.165, 1.54) is 6.42 Å². The second-order valence-corrected chi connectivity index (χ2v) is 6.19. The highest BCUT2D eigenvalue weighted by Gasteiger charge is 2.33. The van der Waals surface area contributed by atoms with Gasteiger partial charge in [-0.2, -0.15) is 0 Å². The molecule has 2 rings (SSSR count). The van der Waals surface area contributed by atoms with Crippen LogP contribution in [0.4, 0.5) is 5.13 Å². The largest absolute Gasteiger partial charge is 0.391 e. The van der Waals surface area contributed by atoms with Crippen molar-refractivity contribution in [2.75, 3.05) is 18.5 Å². The number of aryl methyl sites for hydroxylation is 1. The van der Waals surface area contributed by atoms with Crippen molar-refractivity contribution in [1.29, 1.82) is 0 Å². The Kier molecular flexibility index (Phi) is 4.05. The fraction of sp³-hybridized carbons (Fsp3) is 0.769. The van der Waals surface area contributed by atoms with Gasteiger partial charge in [-0.1, -0.05) is 31.6 Å². The third kappa shape index (κ3) is 2.99. The lowest BCUT2D eigenvalue weighted by molar-refractivity contribution is 0.284. The van der Waals surface area contributed by atoms with Crippen LogP contribution in [-0.2, 0) is 13.0 Å². The van der Waals surface area contributed by atoms with Gasteiger partial charge < -0.3 is 10.0 Å². The van der Waals surface area contributed by atoms with Gasteiger partial charge in [-0.3, -0.25) is 0 Å². The molecule has 0 aliphatic heterocycles. The van der Waals surface area contributed by atoms with E-state index in [0.717, 1.165) is 46.9 Å². The first-order chi connectivity index (χ1) is 8.15. The Morgan fingerprint density at radius 1 is 1.53 bits per heavy atom. The Hall–Kier alpha value is -0.610. The van der Waals surface area contributed by atoms with E-state index < -0.39 is 0 Å². The van der Waals surface area contributed by atoms with Crippen molar-refractivity contribution in [2.24, 2.45) is 11.8 Å². The van der Waals surface area contributed by atoms with Crippen LogP contribution < -0.4 is 4.90 Å². The molecule has 0 aromatic carbocycles. The van der Waals surface area contributed by atoms with Gasteiger partial charge in [-0.25, -0.2) is 4.98 Å². The van der Waals surface area contributed by atoms with Gasteiger partial charge in [-0.05, 0) is 24.7 Å². The van der Waals surface area contributed by atoms with Crippen LogP contribution in [0.2, 0.25) is 0 Å². The van der Waals surface area contributed by atoms with Gasteiger partial charge in [0.05, 0.1) is 17.2 Å². The quantitative estimate of drug-likeness (QED) is 0.848. The summed E-state index contributed by atoms with van der Waals surface area (Å²) in [6, 6.07) is 0. The van der Waals surface area contributed by atoms with Crippen LogP contribution in [-0.4, -0.2) is 23.7 Å². The van der Waals surface area contributed by atoms with Crippen LogP contribution in [0, 0.1) is 11.8 Å². The first kappa shape index (κ1) is 12.8. The molecule has 0 radical (unpaired) electrons. The van der Waals surface area contributed by atoms with Crippen molar-refractivity contribution in [3.63, 3.8) is 0 Å². The summed E-state index contributed by atoms with van der Waals surface area (Å²) in [5, 5.41) is 10.4. The minimum atomic E-state index is 0.126. The van der Waals surface area contributed by atoms with E-state index in [1.807, 2.05) is 0 Å². The predicted octanol–water partition coefficient (Wildman–Crippen LogP) is 2.68. The SMILES string of the molecule is CCCc1nc(N(C)CC2CC2C)sc1CO. The van der Waals surface area contributed by atoms with Crippen molar-refractivity contribution in [3.8, 4) is 0 Å². The fourth-order valence-electron chi connectivity index (χ4n) is 2.17. The van der Waals surface area contributed by atoms with E-state index in [0.29, 0.717) is 0 Å². The fourth-order valence-corrected chi connectivity index (χ4v) is 3.11. The summed E-state index contributed by atoms with van der Waals surface area (Å²) in [5.41, 5.74) is 1.09.